The second kappa shape index (κ2) is 5.64. The zero-order valence-corrected chi connectivity index (χ0v) is 11.1. The average molecular weight is 262 g/mol. The largest absolute Gasteiger partial charge is 0.465 e. The number of esters is 1. The highest BCUT2D eigenvalue weighted by atomic mass is 32.1. The number of nitrogens with zero attached hydrogens (tertiary/aromatic N) is 1. The molecule has 2 rings (SSSR count). The lowest BCUT2D eigenvalue weighted by molar-refractivity contribution is 0.0600. The Morgan fingerprint density at radius 2 is 2.33 bits per heavy atom. The van der Waals surface area contributed by atoms with Crippen molar-refractivity contribution < 1.29 is 9.53 Å². The van der Waals surface area contributed by atoms with Gasteiger partial charge < -0.3 is 10.1 Å². The molecule has 0 unspecified atom stereocenters. The van der Waals surface area contributed by atoms with Crippen molar-refractivity contribution in [3.63, 3.8) is 0 Å². The number of nitrogens with one attached hydrogen (secondary N) is 1. The minimum Gasteiger partial charge on any atom is -0.465 e. The fourth-order valence-electron chi connectivity index (χ4n) is 1.62. The number of aromatic nitrogens is 1. The van der Waals surface area contributed by atoms with E-state index in [9.17, 15) is 4.79 Å². The molecule has 0 radical (unpaired) electrons. The highest BCUT2D eigenvalue weighted by Gasteiger charge is 2.07. The summed E-state index contributed by atoms with van der Waals surface area (Å²) in [4.78, 5) is 16.6. The van der Waals surface area contributed by atoms with Crippen LogP contribution in [0.25, 0.3) is 0 Å². The maximum absolute atomic E-state index is 11.4. The van der Waals surface area contributed by atoms with Crippen molar-refractivity contribution in [1.82, 2.24) is 4.98 Å². The van der Waals surface area contributed by atoms with Crippen LogP contribution in [-0.4, -0.2) is 18.1 Å². The van der Waals surface area contributed by atoms with Gasteiger partial charge in [0.05, 0.1) is 24.7 Å². The number of methoxy groups -OCH3 is 1. The summed E-state index contributed by atoms with van der Waals surface area (Å²) in [5, 5.41) is 3.32. The maximum Gasteiger partial charge on any atom is 0.337 e. The molecular weight excluding hydrogens is 248 g/mol. The predicted octanol–water partition coefficient (Wildman–Crippen LogP) is 2.85. The molecule has 0 atom stereocenters. The quantitative estimate of drug-likeness (QED) is 0.861. The van der Waals surface area contributed by atoms with E-state index in [1.54, 1.807) is 17.4 Å². The molecule has 0 spiro atoms. The zero-order chi connectivity index (χ0) is 13.0. The Labute approximate surface area is 110 Å². The Bertz CT molecular complexity index is 538. The van der Waals surface area contributed by atoms with Crippen LogP contribution in [0.15, 0.2) is 29.9 Å². The van der Waals surface area contributed by atoms with E-state index in [-0.39, 0.29) is 5.97 Å². The van der Waals surface area contributed by atoms with Crippen LogP contribution in [0.5, 0.6) is 0 Å². The standard InChI is InChI=1S/C13H14N2O2S/c1-9-5-10(13(16)17-2)3-4-12(9)15-7-11-6-14-8-18-11/h3-6,8,15H,7H2,1-2H3. The van der Waals surface area contributed by atoms with Crippen LogP contribution >= 0.6 is 11.3 Å². The number of thiazole rings is 1. The lowest BCUT2D eigenvalue weighted by Crippen LogP contribution is -2.04. The van der Waals surface area contributed by atoms with Crippen molar-refractivity contribution in [2.75, 3.05) is 12.4 Å². The van der Waals surface area contributed by atoms with Crippen LogP contribution in [0.1, 0.15) is 20.8 Å². The molecular formula is C13H14N2O2S. The molecule has 0 fully saturated rings. The monoisotopic (exact) mass is 262 g/mol. The van der Waals surface area contributed by atoms with E-state index in [4.69, 9.17) is 0 Å². The second-order valence-corrected chi connectivity index (χ2v) is 4.81. The third-order valence-corrected chi connectivity index (χ3v) is 3.36. The van der Waals surface area contributed by atoms with Crippen LogP contribution < -0.4 is 5.32 Å². The molecule has 1 heterocycles. The molecule has 0 amide bonds. The number of rotatable bonds is 4. The van der Waals surface area contributed by atoms with Gasteiger partial charge in [-0.05, 0) is 30.7 Å². The number of carbonyl (C=O) groups is 1. The van der Waals surface area contributed by atoms with Crippen LogP contribution in [0, 0.1) is 6.92 Å². The highest BCUT2D eigenvalue weighted by Crippen LogP contribution is 2.18. The molecule has 0 aliphatic heterocycles. The molecule has 18 heavy (non-hydrogen) atoms. The van der Waals surface area contributed by atoms with E-state index < -0.39 is 0 Å². The first kappa shape index (κ1) is 12.6. The Balaban J connectivity index is 2.08. The van der Waals surface area contributed by atoms with E-state index in [1.807, 2.05) is 30.8 Å². The van der Waals surface area contributed by atoms with Crippen molar-refractivity contribution in [2.45, 2.75) is 13.5 Å². The molecule has 0 saturated carbocycles. The Kier molecular flexibility index (Phi) is 3.94. The summed E-state index contributed by atoms with van der Waals surface area (Å²) in [7, 11) is 1.38. The van der Waals surface area contributed by atoms with Gasteiger partial charge in [-0.3, -0.25) is 4.98 Å². The summed E-state index contributed by atoms with van der Waals surface area (Å²) in [6, 6.07) is 5.47. The smallest absolute Gasteiger partial charge is 0.337 e. The molecule has 2 aromatic rings. The fraction of sp³-hybridized carbons (Fsp3) is 0.231. The van der Waals surface area contributed by atoms with Crippen molar-refractivity contribution in [1.29, 1.82) is 0 Å². The number of benzene rings is 1. The molecule has 5 heteroatoms. The first-order chi connectivity index (χ1) is 8.70. The van der Waals surface area contributed by atoms with Gasteiger partial charge in [-0.2, -0.15) is 0 Å². The number of aryl methyl sites for hydroxylation is 1. The fourth-order valence-corrected chi connectivity index (χ4v) is 2.15. The van der Waals surface area contributed by atoms with Gasteiger partial charge in [0.2, 0.25) is 0 Å². The zero-order valence-electron chi connectivity index (χ0n) is 10.3. The van der Waals surface area contributed by atoms with E-state index in [0.29, 0.717) is 5.56 Å². The summed E-state index contributed by atoms with van der Waals surface area (Å²) >= 11 is 1.61. The van der Waals surface area contributed by atoms with Crippen LogP contribution in [0.3, 0.4) is 0 Å². The number of anilines is 1. The minimum atomic E-state index is -0.313. The first-order valence-electron chi connectivity index (χ1n) is 5.51. The van der Waals surface area contributed by atoms with Gasteiger partial charge >= 0.3 is 5.97 Å². The molecule has 0 aliphatic carbocycles. The van der Waals surface area contributed by atoms with Crippen molar-refractivity contribution in [3.05, 3.63) is 45.9 Å². The SMILES string of the molecule is COC(=O)c1ccc(NCc2cncs2)c(C)c1. The van der Waals surface area contributed by atoms with E-state index in [1.165, 1.54) is 12.0 Å². The molecule has 94 valence electrons. The Morgan fingerprint density at radius 3 is 2.94 bits per heavy atom. The van der Waals surface area contributed by atoms with E-state index in [2.05, 4.69) is 15.0 Å². The topological polar surface area (TPSA) is 51.2 Å². The first-order valence-corrected chi connectivity index (χ1v) is 6.39. The van der Waals surface area contributed by atoms with Crippen LogP contribution in [0.2, 0.25) is 0 Å². The lowest BCUT2D eigenvalue weighted by atomic mass is 10.1. The number of carbonyl (C=O) groups excluding carboxylic acids is 1. The summed E-state index contributed by atoms with van der Waals surface area (Å²) in [6.07, 6.45) is 1.84. The summed E-state index contributed by atoms with van der Waals surface area (Å²) in [6.45, 7) is 2.70. The molecule has 1 N–H and O–H groups in total. The molecule has 1 aromatic carbocycles. The Morgan fingerprint density at radius 1 is 1.50 bits per heavy atom. The van der Waals surface area contributed by atoms with Crippen molar-refractivity contribution in [3.8, 4) is 0 Å². The van der Waals surface area contributed by atoms with Gasteiger partial charge in [-0.15, -0.1) is 11.3 Å². The lowest BCUT2D eigenvalue weighted by Gasteiger charge is -2.09. The number of hydrogen-bond donors (Lipinski definition) is 1. The normalized spacial score (nSPS) is 10.1. The molecule has 4 nitrogen and oxygen atoms in total. The van der Waals surface area contributed by atoms with Gasteiger partial charge in [0.15, 0.2) is 0 Å². The highest BCUT2D eigenvalue weighted by molar-refractivity contribution is 7.09. The molecule has 1 aromatic heterocycles. The Hall–Kier alpha value is -1.88. The number of hydrogen-bond acceptors (Lipinski definition) is 5. The molecule has 0 bridgehead atoms. The van der Waals surface area contributed by atoms with Gasteiger partial charge in [0, 0.05) is 16.8 Å². The summed E-state index contributed by atoms with van der Waals surface area (Å²) < 4.78 is 4.68. The van der Waals surface area contributed by atoms with Gasteiger partial charge in [0.1, 0.15) is 0 Å². The van der Waals surface area contributed by atoms with E-state index >= 15 is 0 Å². The average Bonchev–Trinajstić information content (AvgIpc) is 2.89. The third-order valence-electron chi connectivity index (χ3n) is 2.58. The van der Waals surface area contributed by atoms with Gasteiger partial charge in [0.25, 0.3) is 0 Å². The third kappa shape index (κ3) is 2.87. The summed E-state index contributed by atoms with van der Waals surface area (Å²) in [5.41, 5.74) is 4.40. The maximum atomic E-state index is 11.4. The minimum absolute atomic E-state index is 0.313. The van der Waals surface area contributed by atoms with Gasteiger partial charge in [-0.25, -0.2) is 4.79 Å². The van der Waals surface area contributed by atoms with E-state index in [0.717, 1.165) is 17.8 Å². The van der Waals surface area contributed by atoms with Crippen LogP contribution in [0.4, 0.5) is 5.69 Å². The summed E-state index contributed by atoms with van der Waals surface area (Å²) in [5.74, 6) is -0.313. The molecule has 0 saturated heterocycles. The van der Waals surface area contributed by atoms with Crippen molar-refractivity contribution >= 4 is 23.0 Å². The van der Waals surface area contributed by atoms with Gasteiger partial charge in [-0.1, -0.05) is 0 Å². The van der Waals surface area contributed by atoms with Crippen molar-refractivity contribution in [2.24, 2.45) is 0 Å². The molecule has 0 aliphatic rings. The predicted molar refractivity (Wildman–Crippen MR) is 72.0 cm³/mol. The second-order valence-electron chi connectivity index (χ2n) is 3.84. The number of ether oxygens (including phenoxy) is 1. The van der Waals surface area contributed by atoms with Crippen LogP contribution in [-0.2, 0) is 11.3 Å².